The summed E-state index contributed by atoms with van der Waals surface area (Å²) in [6, 6.07) is 0. The smallest absolute Gasteiger partial charge is 0.312 e. The third kappa shape index (κ3) is 4.76. The molecule has 7 atom stereocenters. The quantitative estimate of drug-likeness (QED) is 0.243. The number of esters is 1. The molecule has 0 amide bonds. The van der Waals surface area contributed by atoms with Crippen molar-refractivity contribution in [2.45, 2.75) is 105 Å². The first-order chi connectivity index (χ1) is 15.1. The van der Waals surface area contributed by atoms with Gasteiger partial charge in [0.2, 0.25) is 0 Å². The van der Waals surface area contributed by atoms with Crippen LogP contribution < -0.4 is 0 Å². The first-order valence-corrected chi connectivity index (χ1v) is 16.1. The van der Waals surface area contributed by atoms with E-state index in [1.54, 1.807) is 0 Å². The topological polar surface area (TPSA) is 55.8 Å². The minimum Gasteiger partial charge on any atom is -0.465 e. The highest BCUT2D eigenvalue weighted by Gasteiger charge is 2.65. The zero-order valence-electron chi connectivity index (χ0n) is 22.8. The maximum Gasteiger partial charge on any atom is 0.312 e. The van der Waals surface area contributed by atoms with Gasteiger partial charge in [-0.05, 0) is 80.3 Å². The largest absolute Gasteiger partial charge is 0.465 e. The monoisotopic (exact) mass is 478 g/mol. The Morgan fingerprint density at radius 1 is 1.27 bits per heavy atom. The summed E-state index contributed by atoms with van der Waals surface area (Å²) in [5.41, 5.74) is 0.662. The number of hydrogen-bond acceptors (Lipinski definition) is 4. The molecule has 0 aromatic rings. The number of carbonyl (C=O) groups is 1. The van der Waals surface area contributed by atoms with E-state index >= 15 is 0 Å². The van der Waals surface area contributed by atoms with Gasteiger partial charge in [-0.1, -0.05) is 53.7 Å². The number of aliphatic hydroxyl groups is 1. The summed E-state index contributed by atoms with van der Waals surface area (Å²) in [4.78, 5) is 13.3. The fourth-order valence-electron chi connectivity index (χ4n) is 7.00. The van der Waals surface area contributed by atoms with E-state index in [0.29, 0.717) is 42.8 Å². The highest BCUT2D eigenvalue weighted by Crippen LogP contribution is 2.66. The molecule has 0 radical (unpaired) electrons. The summed E-state index contributed by atoms with van der Waals surface area (Å²) in [7, 11) is -1.95. The molecule has 4 nitrogen and oxygen atoms in total. The van der Waals surface area contributed by atoms with E-state index in [1.165, 1.54) is 12.8 Å². The normalized spacial score (nSPS) is 36.3. The number of cyclic esters (lactones) is 1. The molecular formula is C28H50O4Si. The summed E-state index contributed by atoms with van der Waals surface area (Å²) < 4.78 is 12.3. The van der Waals surface area contributed by atoms with E-state index in [0.717, 1.165) is 18.4 Å². The lowest BCUT2D eigenvalue weighted by molar-refractivity contribution is -0.153. The molecule has 190 valence electrons. The maximum atomic E-state index is 13.3. The van der Waals surface area contributed by atoms with E-state index in [4.69, 9.17) is 9.16 Å². The van der Waals surface area contributed by atoms with Crippen LogP contribution in [0, 0.1) is 40.4 Å². The van der Waals surface area contributed by atoms with Gasteiger partial charge >= 0.3 is 5.97 Å². The molecule has 3 fully saturated rings. The molecule has 1 saturated heterocycles. The Kier molecular flexibility index (Phi) is 7.42. The van der Waals surface area contributed by atoms with Gasteiger partial charge in [0.25, 0.3) is 0 Å². The van der Waals surface area contributed by atoms with Crippen LogP contribution in [0.4, 0.5) is 0 Å². The van der Waals surface area contributed by atoms with E-state index in [2.05, 4.69) is 61.2 Å². The zero-order valence-corrected chi connectivity index (χ0v) is 23.8. The molecule has 33 heavy (non-hydrogen) atoms. The fraction of sp³-hybridized carbons (Fsp3) is 0.893. The molecule has 0 aromatic heterocycles. The highest BCUT2D eigenvalue weighted by atomic mass is 28.4. The fourth-order valence-corrected chi connectivity index (χ4v) is 8.02. The predicted octanol–water partition coefficient (Wildman–Crippen LogP) is 6.59. The van der Waals surface area contributed by atoms with Crippen molar-refractivity contribution in [2.24, 2.45) is 40.4 Å². The van der Waals surface area contributed by atoms with Crippen LogP contribution in [0.3, 0.4) is 0 Å². The molecule has 2 saturated carbocycles. The Labute approximate surface area is 204 Å². The standard InChI is InChI=1S/C28H50O4Si/c1-18(2)20-11-12-27(8)13-14-28(22(24(20)27)17-31-25(28)30)15-23(29)21(19(3)4)16-32-33(9,10)26(5,6)7/h18,20-24,29H,3,11-17H2,1-2,4-10H3/t20-,21?,22+,23+,24+,27+,28+/m1/s1. The Morgan fingerprint density at radius 3 is 2.45 bits per heavy atom. The van der Waals surface area contributed by atoms with Gasteiger partial charge in [-0.3, -0.25) is 4.79 Å². The number of rotatable bonds is 8. The average molecular weight is 479 g/mol. The van der Waals surface area contributed by atoms with E-state index < -0.39 is 19.8 Å². The summed E-state index contributed by atoms with van der Waals surface area (Å²) in [6.45, 7) is 25.4. The maximum absolute atomic E-state index is 13.3. The van der Waals surface area contributed by atoms with Crippen LogP contribution in [0.5, 0.6) is 0 Å². The molecule has 0 aromatic carbocycles. The molecule has 0 spiro atoms. The van der Waals surface area contributed by atoms with Crippen molar-refractivity contribution in [3.8, 4) is 0 Å². The van der Waals surface area contributed by atoms with Crippen molar-refractivity contribution in [3.05, 3.63) is 12.2 Å². The number of aliphatic hydroxyl groups excluding tert-OH is 1. The van der Waals surface area contributed by atoms with E-state index in [1.807, 2.05) is 6.92 Å². The minimum absolute atomic E-state index is 0.0752. The Morgan fingerprint density at radius 2 is 1.91 bits per heavy atom. The second-order valence-electron chi connectivity index (χ2n) is 13.8. The van der Waals surface area contributed by atoms with Gasteiger partial charge in [-0.15, -0.1) is 0 Å². The Hall–Kier alpha value is -0.653. The molecule has 1 unspecified atom stereocenters. The van der Waals surface area contributed by atoms with Crippen molar-refractivity contribution in [2.75, 3.05) is 13.2 Å². The predicted molar refractivity (Wildman–Crippen MR) is 137 cm³/mol. The SMILES string of the molecule is C=C(C)C(CO[Si](C)(C)C(C)(C)C)[C@@H](O)C[C@@]12CC[C@]3(C)CC[C@H](C(C)C)[C@H]3[C@@H]1COC2=O. The summed E-state index contributed by atoms with van der Waals surface area (Å²) in [5, 5.41) is 11.6. The number of carbonyl (C=O) groups excluding carboxylic acids is 1. The van der Waals surface area contributed by atoms with E-state index in [9.17, 15) is 9.90 Å². The third-order valence-corrected chi connectivity index (χ3v) is 14.9. The van der Waals surface area contributed by atoms with Crippen LogP contribution in [-0.4, -0.2) is 38.7 Å². The van der Waals surface area contributed by atoms with Gasteiger partial charge < -0.3 is 14.3 Å². The molecule has 5 heteroatoms. The van der Waals surface area contributed by atoms with Gasteiger partial charge in [-0.25, -0.2) is 0 Å². The van der Waals surface area contributed by atoms with Gasteiger partial charge in [0.15, 0.2) is 8.32 Å². The first-order valence-electron chi connectivity index (χ1n) is 13.2. The van der Waals surface area contributed by atoms with Crippen LogP contribution in [0.15, 0.2) is 12.2 Å². The number of ether oxygens (including phenoxy) is 1. The van der Waals surface area contributed by atoms with Crippen molar-refractivity contribution >= 4 is 14.3 Å². The van der Waals surface area contributed by atoms with Crippen molar-refractivity contribution in [3.63, 3.8) is 0 Å². The van der Waals surface area contributed by atoms with Crippen LogP contribution in [-0.2, 0) is 14.0 Å². The Bertz CT molecular complexity index is 753. The van der Waals surface area contributed by atoms with Crippen LogP contribution >= 0.6 is 0 Å². The number of hydrogen-bond donors (Lipinski definition) is 1. The zero-order chi connectivity index (χ0) is 25.0. The second kappa shape index (κ2) is 9.09. The lowest BCUT2D eigenvalue weighted by atomic mass is 9.51. The molecule has 1 heterocycles. The molecule has 3 aliphatic rings. The van der Waals surface area contributed by atoms with Gasteiger partial charge in [0.05, 0.1) is 18.1 Å². The van der Waals surface area contributed by atoms with E-state index in [-0.39, 0.29) is 22.8 Å². The second-order valence-corrected chi connectivity index (χ2v) is 18.6. The summed E-state index contributed by atoms with van der Waals surface area (Å²) in [6.07, 6.45) is 4.19. The Balaban J connectivity index is 1.83. The summed E-state index contributed by atoms with van der Waals surface area (Å²) in [5.74, 6) is 1.70. The lowest BCUT2D eigenvalue weighted by Gasteiger charge is -2.51. The summed E-state index contributed by atoms with van der Waals surface area (Å²) >= 11 is 0. The van der Waals surface area contributed by atoms with Crippen LogP contribution in [0.1, 0.15) is 80.6 Å². The average Bonchev–Trinajstić information content (AvgIpc) is 3.18. The van der Waals surface area contributed by atoms with Gasteiger partial charge in [-0.2, -0.15) is 0 Å². The molecule has 2 aliphatic carbocycles. The van der Waals surface area contributed by atoms with Crippen LogP contribution in [0.25, 0.3) is 0 Å². The highest BCUT2D eigenvalue weighted by molar-refractivity contribution is 6.74. The lowest BCUT2D eigenvalue weighted by Crippen LogP contribution is -2.51. The minimum atomic E-state index is -1.95. The third-order valence-electron chi connectivity index (χ3n) is 10.4. The van der Waals surface area contributed by atoms with Gasteiger partial charge in [0.1, 0.15) is 0 Å². The molecule has 3 rings (SSSR count). The van der Waals surface area contributed by atoms with Crippen molar-refractivity contribution < 1.29 is 19.1 Å². The van der Waals surface area contributed by atoms with Gasteiger partial charge in [0, 0.05) is 18.4 Å². The van der Waals surface area contributed by atoms with Crippen molar-refractivity contribution in [1.82, 2.24) is 0 Å². The molecular weight excluding hydrogens is 428 g/mol. The molecule has 1 N–H and O–H groups in total. The van der Waals surface area contributed by atoms with Crippen molar-refractivity contribution in [1.29, 1.82) is 0 Å². The molecule has 1 aliphatic heterocycles. The first kappa shape index (κ1) is 26.9. The van der Waals surface area contributed by atoms with Crippen LogP contribution in [0.2, 0.25) is 18.1 Å². The number of fused-ring (bicyclic) bond motifs is 3. The molecule has 0 bridgehead atoms.